The fraction of sp³-hybridized carbons (Fsp3) is 0.111. The molecule has 7 nitrogen and oxygen atoms in total. The van der Waals surface area contributed by atoms with Gasteiger partial charge in [0, 0.05) is 36.6 Å². The van der Waals surface area contributed by atoms with Gasteiger partial charge in [-0.1, -0.05) is 12.1 Å². The highest BCUT2D eigenvalue weighted by molar-refractivity contribution is 5.61. The number of benzene rings is 1. The summed E-state index contributed by atoms with van der Waals surface area (Å²) >= 11 is 0. The van der Waals surface area contributed by atoms with Gasteiger partial charge in [-0.05, 0) is 29.8 Å². The van der Waals surface area contributed by atoms with E-state index in [9.17, 15) is 0 Å². The Hall–Kier alpha value is -3.32. The van der Waals surface area contributed by atoms with Crippen molar-refractivity contribution in [2.75, 3.05) is 0 Å². The van der Waals surface area contributed by atoms with Gasteiger partial charge < -0.3 is 5.32 Å². The molecule has 25 heavy (non-hydrogen) atoms. The van der Waals surface area contributed by atoms with Gasteiger partial charge >= 0.3 is 0 Å². The lowest BCUT2D eigenvalue weighted by Crippen LogP contribution is -2.13. The van der Waals surface area contributed by atoms with Crippen molar-refractivity contribution in [2.24, 2.45) is 0 Å². The molecule has 0 spiro atoms. The molecule has 0 fully saturated rings. The zero-order chi connectivity index (χ0) is 16.9. The standard InChI is InChI=1S/C18H17N7/c1-2-15(9-19-7-1)18-16(11-22-24-18)10-20-8-14-3-5-17(6-4-14)25-13-21-12-23-25/h1-7,9,11-13,20H,8,10H2,(H,22,24). The molecule has 0 unspecified atom stereocenters. The van der Waals surface area contributed by atoms with Crippen LogP contribution < -0.4 is 5.32 Å². The van der Waals surface area contributed by atoms with Crippen LogP contribution in [-0.2, 0) is 13.1 Å². The summed E-state index contributed by atoms with van der Waals surface area (Å²) in [6.07, 6.45) is 8.66. The first-order valence-electron chi connectivity index (χ1n) is 7.97. The molecular weight excluding hydrogens is 314 g/mol. The number of nitrogens with one attached hydrogen (secondary N) is 2. The summed E-state index contributed by atoms with van der Waals surface area (Å²) in [5.74, 6) is 0. The Labute approximate surface area is 144 Å². The monoisotopic (exact) mass is 331 g/mol. The molecule has 0 aliphatic heterocycles. The molecule has 7 heteroatoms. The van der Waals surface area contributed by atoms with Crippen molar-refractivity contribution in [1.82, 2.24) is 35.3 Å². The topological polar surface area (TPSA) is 84.3 Å². The Bertz CT molecular complexity index is 912. The Morgan fingerprint density at radius 1 is 1.00 bits per heavy atom. The smallest absolute Gasteiger partial charge is 0.138 e. The van der Waals surface area contributed by atoms with Crippen molar-refractivity contribution in [2.45, 2.75) is 13.1 Å². The zero-order valence-corrected chi connectivity index (χ0v) is 13.5. The first kappa shape index (κ1) is 15.2. The van der Waals surface area contributed by atoms with E-state index in [1.165, 1.54) is 11.9 Å². The highest BCUT2D eigenvalue weighted by atomic mass is 15.3. The van der Waals surface area contributed by atoms with Gasteiger partial charge in [-0.2, -0.15) is 10.2 Å². The van der Waals surface area contributed by atoms with Gasteiger partial charge in [0.2, 0.25) is 0 Å². The van der Waals surface area contributed by atoms with Crippen molar-refractivity contribution in [3.8, 4) is 16.9 Å². The Balaban J connectivity index is 1.38. The molecule has 0 aliphatic carbocycles. The molecule has 3 aromatic heterocycles. The third kappa shape index (κ3) is 3.46. The molecule has 0 bridgehead atoms. The predicted molar refractivity (Wildman–Crippen MR) is 93.7 cm³/mol. The summed E-state index contributed by atoms with van der Waals surface area (Å²) < 4.78 is 1.74. The number of aromatic nitrogens is 6. The fourth-order valence-corrected chi connectivity index (χ4v) is 2.66. The van der Waals surface area contributed by atoms with Gasteiger partial charge in [0.05, 0.1) is 17.6 Å². The second-order valence-electron chi connectivity index (χ2n) is 5.62. The number of H-pyrrole nitrogens is 1. The van der Waals surface area contributed by atoms with Crippen molar-refractivity contribution >= 4 is 0 Å². The number of aromatic amines is 1. The number of hydrogen-bond acceptors (Lipinski definition) is 5. The molecule has 124 valence electrons. The molecule has 3 heterocycles. The lowest BCUT2D eigenvalue weighted by atomic mass is 10.1. The molecule has 4 rings (SSSR count). The lowest BCUT2D eigenvalue weighted by molar-refractivity contribution is 0.694. The highest BCUT2D eigenvalue weighted by Gasteiger charge is 2.07. The molecule has 0 radical (unpaired) electrons. The van der Waals surface area contributed by atoms with Crippen LogP contribution in [0, 0.1) is 0 Å². The van der Waals surface area contributed by atoms with Crippen LogP contribution in [0.2, 0.25) is 0 Å². The fourth-order valence-electron chi connectivity index (χ4n) is 2.66. The Kier molecular flexibility index (Phi) is 4.30. The molecule has 0 saturated heterocycles. The van der Waals surface area contributed by atoms with E-state index in [1.807, 2.05) is 36.7 Å². The summed E-state index contributed by atoms with van der Waals surface area (Å²) in [5, 5.41) is 14.8. The van der Waals surface area contributed by atoms with E-state index < -0.39 is 0 Å². The molecule has 0 amide bonds. The van der Waals surface area contributed by atoms with Crippen molar-refractivity contribution in [1.29, 1.82) is 0 Å². The largest absolute Gasteiger partial charge is 0.308 e. The van der Waals surface area contributed by atoms with Crippen LogP contribution in [0.5, 0.6) is 0 Å². The minimum Gasteiger partial charge on any atom is -0.308 e. The van der Waals surface area contributed by atoms with Crippen LogP contribution in [0.4, 0.5) is 0 Å². The highest BCUT2D eigenvalue weighted by Crippen LogP contribution is 2.19. The molecule has 0 atom stereocenters. The Morgan fingerprint density at radius 2 is 1.92 bits per heavy atom. The van der Waals surface area contributed by atoms with Crippen LogP contribution in [0.1, 0.15) is 11.1 Å². The maximum atomic E-state index is 4.16. The summed E-state index contributed by atoms with van der Waals surface area (Å²) in [6.45, 7) is 1.50. The van der Waals surface area contributed by atoms with E-state index in [0.29, 0.717) is 0 Å². The number of nitrogens with zero attached hydrogens (tertiary/aromatic N) is 5. The third-order valence-electron chi connectivity index (χ3n) is 3.93. The van der Waals surface area contributed by atoms with Gasteiger partial charge in [-0.3, -0.25) is 10.1 Å². The van der Waals surface area contributed by atoms with Crippen molar-refractivity contribution < 1.29 is 0 Å². The predicted octanol–water partition coefficient (Wildman–Crippen LogP) is 2.34. The molecule has 0 aliphatic rings. The third-order valence-corrected chi connectivity index (χ3v) is 3.93. The molecule has 2 N–H and O–H groups in total. The second-order valence-corrected chi connectivity index (χ2v) is 5.62. The maximum absolute atomic E-state index is 4.16. The first-order valence-corrected chi connectivity index (χ1v) is 7.97. The minimum absolute atomic E-state index is 0.728. The van der Waals surface area contributed by atoms with E-state index in [1.54, 1.807) is 17.2 Å². The van der Waals surface area contributed by atoms with E-state index in [-0.39, 0.29) is 0 Å². The summed E-state index contributed by atoms with van der Waals surface area (Å²) in [5.41, 5.74) is 5.36. The minimum atomic E-state index is 0.728. The quantitative estimate of drug-likeness (QED) is 0.566. The zero-order valence-electron chi connectivity index (χ0n) is 13.5. The maximum Gasteiger partial charge on any atom is 0.138 e. The second kappa shape index (κ2) is 7.06. The number of rotatable bonds is 6. The summed E-state index contributed by atoms with van der Waals surface area (Å²) in [4.78, 5) is 8.12. The van der Waals surface area contributed by atoms with E-state index in [2.05, 4.69) is 42.7 Å². The summed E-state index contributed by atoms with van der Waals surface area (Å²) in [6, 6.07) is 12.2. The van der Waals surface area contributed by atoms with Gasteiger partial charge in [0.15, 0.2) is 0 Å². The average Bonchev–Trinajstić information content (AvgIpc) is 3.35. The van der Waals surface area contributed by atoms with Crippen molar-refractivity contribution in [3.63, 3.8) is 0 Å². The van der Waals surface area contributed by atoms with Gasteiger partial charge in [0.1, 0.15) is 12.7 Å². The van der Waals surface area contributed by atoms with Gasteiger partial charge in [0.25, 0.3) is 0 Å². The van der Waals surface area contributed by atoms with Crippen molar-refractivity contribution in [3.05, 3.63) is 78.8 Å². The van der Waals surface area contributed by atoms with E-state index in [0.717, 1.165) is 35.6 Å². The SMILES string of the molecule is c1cncc(-c2[nH]ncc2CNCc2ccc(-n3cncn3)cc2)c1. The van der Waals surface area contributed by atoms with Crippen LogP contribution in [-0.4, -0.2) is 29.9 Å². The normalized spacial score (nSPS) is 10.9. The lowest BCUT2D eigenvalue weighted by Gasteiger charge is -2.07. The van der Waals surface area contributed by atoms with Crippen LogP contribution in [0.3, 0.4) is 0 Å². The number of pyridine rings is 1. The van der Waals surface area contributed by atoms with Crippen LogP contribution in [0.25, 0.3) is 16.9 Å². The molecule has 1 aromatic carbocycles. The molecule has 0 saturated carbocycles. The molecular formula is C18H17N7. The van der Waals surface area contributed by atoms with Crippen LogP contribution in [0.15, 0.2) is 67.6 Å². The van der Waals surface area contributed by atoms with E-state index in [4.69, 9.17) is 0 Å². The van der Waals surface area contributed by atoms with Gasteiger partial charge in [-0.25, -0.2) is 9.67 Å². The van der Waals surface area contributed by atoms with E-state index >= 15 is 0 Å². The average molecular weight is 331 g/mol. The van der Waals surface area contributed by atoms with Crippen LogP contribution >= 0.6 is 0 Å². The number of hydrogen-bond donors (Lipinski definition) is 2. The first-order chi connectivity index (χ1) is 12.4. The Morgan fingerprint density at radius 3 is 2.68 bits per heavy atom. The van der Waals surface area contributed by atoms with Gasteiger partial charge in [-0.15, -0.1) is 0 Å². The molecule has 4 aromatic rings. The summed E-state index contributed by atoms with van der Waals surface area (Å²) in [7, 11) is 0.